The summed E-state index contributed by atoms with van der Waals surface area (Å²) in [6.07, 6.45) is 1.30. The summed E-state index contributed by atoms with van der Waals surface area (Å²) < 4.78 is 4.92. The zero-order valence-electron chi connectivity index (χ0n) is 12.5. The Morgan fingerprint density at radius 2 is 1.95 bits per heavy atom. The standard InChI is InChI=1S/C15H23N3O3/c1-3-17-14(19)11-6-8-12(9-7-11)18-15(20)13(16)5-4-10-21-2/h6-9,13H,3-5,10,16H2,1-2H3,(H,17,19)(H,18,20). The van der Waals surface area contributed by atoms with E-state index in [9.17, 15) is 9.59 Å². The van der Waals surface area contributed by atoms with Gasteiger partial charge in [-0.1, -0.05) is 0 Å². The second kappa shape index (κ2) is 9.10. The first kappa shape index (κ1) is 17.1. The van der Waals surface area contributed by atoms with E-state index in [1.54, 1.807) is 31.4 Å². The summed E-state index contributed by atoms with van der Waals surface area (Å²) in [6.45, 7) is 3.02. The minimum atomic E-state index is -0.566. The van der Waals surface area contributed by atoms with Crippen LogP contribution in [-0.2, 0) is 9.53 Å². The molecule has 0 aromatic heterocycles. The van der Waals surface area contributed by atoms with E-state index in [0.717, 1.165) is 6.42 Å². The summed E-state index contributed by atoms with van der Waals surface area (Å²) in [5, 5.41) is 5.44. The molecule has 1 unspecified atom stereocenters. The van der Waals surface area contributed by atoms with Gasteiger partial charge in [0.25, 0.3) is 5.91 Å². The predicted octanol–water partition coefficient (Wildman–Crippen LogP) is 1.13. The summed E-state index contributed by atoms with van der Waals surface area (Å²) in [4.78, 5) is 23.5. The summed E-state index contributed by atoms with van der Waals surface area (Å²) in [6, 6.07) is 6.13. The number of ether oxygens (including phenoxy) is 1. The molecule has 1 aromatic carbocycles. The van der Waals surface area contributed by atoms with E-state index in [1.807, 2.05) is 6.92 Å². The number of carbonyl (C=O) groups is 2. The Hall–Kier alpha value is -1.92. The third-order valence-electron chi connectivity index (χ3n) is 2.95. The van der Waals surface area contributed by atoms with Gasteiger partial charge in [0.1, 0.15) is 0 Å². The Morgan fingerprint density at radius 1 is 1.29 bits per heavy atom. The highest BCUT2D eigenvalue weighted by Gasteiger charge is 2.13. The van der Waals surface area contributed by atoms with Crippen LogP contribution in [0.2, 0.25) is 0 Å². The van der Waals surface area contributed by atoms with Gasteiger partial charge in [0.2, 0.25) is 5.91 Å². The fourth-order valence-electron chi connectivity index (χ4n) is 1.78. The normalized spacial score (nSPS) is 11.8. The zero-order chi connectivity index (χ0) is 15.7. The Bertz CT molecular complexity index is 460. The Labute approximate surface area is 125 Å². The van der Waals surface area contributed by atoms with Gasteiger partial charge in [-0.2, -0.15) is 0 Å². The molecule has 0 saturated carbocycles. The van der Waals surface area contributed by atoms with Gasteiger partial charge in [0.15, 0.2) is 0 Å². The molecule has 21 heavy (non-hydrogen) atoms. The lowest BCUT2D eigenvalue weighted by molar-refractivity contribution is -0.117. The highest BCUT2D eigenvalue weighted by Crippen LogP contribution is 2.10. The lowest BCUT2D eigenvalue weighted by Gasteiger charge is -2.12. The molecule has 0 aliphatic rings. The van der Waals surface area contributed by atoms with Gasteiger partial charge >= 0.3 is 0 Å². The molecule has 4 N–H and O–H groups in total. The van der Waals surface area contributed by atoms with Crippen LogP contribution in [0.25, 0.3) is 0 Å². The molecule has 0 bridgehead atoms. The second-order valence-electron chi connectivity index (χ2n) is 4.67. The van der Waals surface area contributed by atoms with Crippen LogP contribution in [0.1, 0.15) is 30.1 Å². The Morgan fingerprint density at radius 3 is 2.52 bits per heavy atom. The van der Waals surface area contributed by atoms with Crippen LogP contribution in [0.3, 0.4) is 0 Å². The number of hydrogen-bond donors (Lipinski definition) is 3. The van der Waals surface area contributed by atoms with E-state index in [-0.39, 0.29) is 11.8 Å². The molecule has 0 fully saturated rings. The van der Waals surface area contributed by atoms with Crippen molar-refractivity contribution in [3.05, 3.63) is 29.8 Å². The van der Waals surface area contributed by atoms with Gasteiger partial charge in [-0.05, 0) is 44.0 Å². The first-order valence-electron chi connectivity index (χ1n) is 7.02. The maximum Gasteiger partial charge on any atom is 0.251 e. The largest absolute Gasteiger partial charge is 0.385 e. The topological polar surface area (TPSA) is 93.5 Å². The third-order valence-corrected chi connectivity index (χ3v) is 2.95. The molecule has 0 aliphatic carbocycles. The highest BCUT2D eigenvalue weighted by molar-refractivity contribution is 5.97. The van der Waals surface area contributed by atoms with Crippen LogP contribution in [0, 0.1) is 0 Å². The molecular weight excluding hydrogens is 270 g/mol. The van der Waals surface area contributed by atoms with Crippen LogP contribution in [0.4, 0.5) is 5.69 Å². The van der Waals surface area contributed by atoms with Crippen LogP contribution in [0.15, 0.2) is 24.3 Å². The smallest absolute Gasteiger partial charge is 0.251 e. The number of nitrogens with one attached hydrogen (secondary N) is 2. The minimum absolute atomic E-state index is 0.133. The number of carbonyl (C=O) groups excluding carboxylic acids is 2. The summed E-state index contributed by atoms with van der Waals surface area (Å²) in [5.41, 5.74) is 6.97. The van der Waals surface area contributed by atoms with Gasteiger partial charge in [-0.3, -0.25) is 9.59 Å². The molecule has 6 heteroatoms. The number of benzene rings is 1. The van der Waals surface area contributed by atoms with Crippen molar-refractivity contribution < 1.29 is 14.3 Å². The molecule has 6 nitrogen and oxygen atoms in total. The van der Waals surface area contributed by atoms with Crippen LogP contribution >= 0.6 is 0 Å². The maximum atomic E-state index is 11.9. The third kappa shape index (κ3) is 5.93. The first-order chi connectivity index (χ1) is 10.1. The lowest BCUT2D eigenvalue weighted by Crippen LogP contribution is -2.35. The van der Waals surface area contributed by atoms with Crippen molar-refractivity contribution in [2.24, 2.45) is 5.73 Å². The van der Waals surface area contributed by atoms with E-state index in [2.05, 4.69) is 10.6 Å². The number of nitrogens with two attached hydrogens (primary N) is 1. The molecule has 2 amide bonds. The fourth-order valence-corrected chi connectivity index (χ4v) is 1.78. The van der Waals surface area contributed by atoms with Crippen LogP contribution < -0.4 is 16.4 Å². The summed E-state index contributed by atoms with van der Waals surface area (Å²) in [7, 11) is 1.61. The number of hydrogen-bond acceptors (Lipinski definition) is 4. The van der Waals surface area contributed by atoms with E-state index < -0.39 is 6.04 Å². The SMILES string of the molecule is CCNC(=O)c1ccc(NC(=O)C(N)CCCOC)cc1. The molecule has 0 saturated heterocycles. The highest BCUT2D eigenvalue weighted by atomic mass is 16.5. The molecule has 0 spiro atoms. The van der Waals surface area contributed by atoms with Crippen LogP contribution in [0.5, 0.6) is 0 Å². The van der Waals surface area contributed by atoms with Crippen molar-refractivity contribution in [3.63, 3.8) is 0 Å². The minimum Gasteiger partial charge on any atom is -0.385 e. The molecule has 1 atom stereocenters. The zero-order valence-corrected chi connectivity index (χ0v) is 12.5. The monoisotopic (exact) mass is 293 g/mol. The summed E-state index contributed by atoms with van der Waals surface area (Å²) >= 11 is 0. The van der Waals surface area contributed by atoms with Crippen molar-refractivity contribution in [1.82, 2.24) is 5.32 Å². The van der Waals surface area contributed by atoms with E-state index >= 15 is 0 Å². The lowest BCUT2D eigenvalue weighted by atomic mass is 10.1. The molecular formula is C15H23N3O3. The molecule has 1 rings (SSSR count). The Kier molecular flexibility index (Phi) is 7.42. The summed E-state index contributed by atoms with van der Waals surface area (Å²) in [5.74, 6) is -0.372. The maximum absolute atomic E-state index is 11.9. The predicted molar refractivity (Wildman–Crippen MR) is 82.2 cm³/mol. The van der Waals surface area contributed by atoms with Crippen molar-refractivity contribution in [2.75, 3.05) is 25.6 Å². The van der Waals surface area contributed by atoms with Gasteiger partial charge in [0, 0.05) is 31.5 Å². The van der Waals surface area contributed by atoms with E-state index in [0.29, 0.717) is 30.8 Å². The number of methoxy groups -OCH3 is 1. The second-order valence-corrected chi connectivity index (χ2v) is 4.67. The number of anilines is 1. The average Bonchev–Trinajstić information content (AvgIpc) is 2.48. The van der Waals surface area contributed by atoms with Gasteiger partial charge in [0.05, 0.1) is 6.04 Å². The van der Waals surface area contributed by atoms with Crippen molar-refractivity contribution >= 4 is 17.5 Å². The van der Waals surface area contributed by atoms with Gasteiger partial charge < -0.3 is 21.1 Å². The number of amides is 2. The fraction of sp³-hybridized carbons (Fsp3) is 0.467. The first-order valence-corrected chi connectivity index (χ1v) is 7.02. The van der Waals surface area contributed by atoms with E-state index in [1.165, 1.54) is 0 Å². The molecule has 0 heterocycles. The van der Waals surface area contributed by atoms with Crippen LogP contribution in [-0.4, -0.2) is 38.1 Å². The van der Waals surface area contributed by atoms with Crippen molar-refractivity contribution in [3.8, 4) is 0 Å². The number of rotatable bonds is 8. The molecule has 0 radical (unpaired) electrons. The van der Waals surface area contributed by atoms with Gasteiger partial charge in [-0.15, -0.1) is 0 Å². The molecule has 1 aromatic rings. The van der Waals surface area contributed by atoms with Crippen molar-refractivity contribution in [1.29, 1.82) is 0 Å². The quantitative estimate of drug-likeness (QED) is 0.626. The van der Waals surface area contributed by atoms with Gasteiger partial charge in [-0.25, -0.2) is 0 Å². The van der Waals surface area contributed by atoms with E-state index in [4.69, 9.17) is 10.5 Å². The van der Waals surface area contributed by atoms with Crippen molar-refractivity contribution in [2.45, 2.75) is 25.8 Å². The molecule has 116 valence electrons. The average molecular weight is 293 g/mol. The Balaban J connectivity index is 2.51. The molecule has 0 aliphatic heterocycles.